The zero-order chi connectivity index (χ0) is 32.3. The largest absolute Gasteiger partial charge is 0.480 e. The number of carboxylic acids is 1. The van der Waals surface area contributed by atoms with E-state index in [1.165, 1.54) is 12.0 Å². The van der Waals surface area contributed by atoms with Crippen LogP contribution in [0, 0.1) is 6.92 Å². The number of ether oxygens (including phenoxy) is 1. The highest BCUT2D eigenvalue weighted by atomic mass is 16.5. The Balaban J connectivity index is 1.45. The third-order valence-electron chi connectivity index (χ3n) is 8.69. The van der Waals surface area contributed by atoms with Crippen LogP contribution in [0.15, 0.2) is 133 Å². The van der Waals surface area contributed by atoms with Crippen LogP contribution in [0.3, 0.4) is 0 Å². The summed E-state index contributed by atoms with van der Waals surface area (Å²) in [5.74, 6) is -1.86. The first-order valence-electron chi connectivity index (χ1n) is 15.1. The molecule has 0 saturated heterocycles. The molecule has 0 bridgehead atoms. The molecule has 5 aromatic rings. The molecule has 230 valence electrons. The lowest BCUT2D eigenvalue weighted by atomic mass is 9.76. The van der Waals surface area contributed by atoms with Crippen LogP contribution in [0.1, 0.15) is 45.8 Å². The minimum atomic E-state index is -1.54. The van der Waals surface area contributed by atoms with Crippen LogP contribution in [0.5, 0.6) is 0 Å². The molecule has 0 aliphatic heterocycles. The van der Waals surface area contributed by atoms with Crippen molar-refractivity contribution >= 4 is 18.0 Å². The second-order valence-electron chi connectivity index (χ2n) is 11.4. The zero-order valence-electron chi connectivity index (χ0n) is 25.6. The fraction of sp³-hybridized carbons (Fsp3) is 0.154. The van der Waals surface area contributed by atoms with Gasteiger partial charge in [-0.15, -0.1) is 0 Å². The lowest BCUT2D eigenvalue weighted by Crippen LogP contribution is -2.52. The molecular formula is C39H34N2O5. The minimum Gasteiger partial charge on any atom is -0.480 e. The van der Waals surface area contributed by atoms with Crippen molar-refractivity contribution in [2.24, 2.45) is 0 Å². The van der Waals surface area contributed by atoms with E-state index in [1.54, 1.807) is 0 Å². The number of fused-ring (bicyclic) bond motifs is 3. The van der Waals surface area contributed by atoms with Gasteiger partial charge in [0.25, 0.3) is 0 Å². The first-order valence-corrected chi connectivity index (χ1v) is 15.1. The number of nitrogens with one attached hydrogen (secondary N) is 1. The topological polar surface area (TPSA) is 95.9 Å². The van der Waals surface area contributed by atoms with Crippen LogP contribution in [-0.4, -0.2) is 41.1 Å². The summed E-state index contributed by atoms with van der Waals surface area (Å²) in [4.78, 5) is 42.1. The molecule has 7 heteroatoms. The second kappa shape index (κ2) is 12.7. The standard InChI is InChI=1S/C39H34N2O5/c1-26-21-23-29(24-22-26)39(27-13-5-3-6-14-27,28-15-7-4-8-16-28)40-35(42)25-34(37(43)44)41(38(45)46-2)36-32-19-11-9-17-30(32)31-18-10-12-20-33(31)36/h3-24,34,36H,25H2,1-2H3,(H,40,42)(H,43,44)/t34-/m0/s1. The third-order valence-corrected chi connectivity index (χ3v) is 8.69. The van der Waals surface area contributed by atoms with Gasteiger partial charge in [-0.1, -0.05) is 139 Å². The molecule has 0 saturated carbocycles. The van der Waals surface area contributed by atoms with Crippen LogP contribution < -0.4 is 5.32 Å². The number of amides is 2. The van der Waals surface area contributed by atoms with Gasteiger partial charge >= 0.3 is 12.1 Å². The molecule has 7 nitrogen and oxygen atoms in total. The number of methoxy groups -OCH3 is 1. The van der Waals surface area contributed by atoms with Crippen molar-refractivity contribution in [3.05, 3.63) is 167 Å². The van der Waals surface area contributed by atoms with Gasteiger partial charge in [0.1, 0.15) is 11.6 Å². The molecule has 0 spiro atoms. The first-order chi connectivity index (χ1) is 22.3. The number of benzene rings is 5. The molecule has 1 atom stereocenters. The molecule has 2 N–H and O–H groups in total. The number of hydrogen-bond acceptors (Lipinski definition) is 4. The Morgan fingerprint density at radius 3 is 1.65 bits per heavy atom. The van der Waals surface area contributed by atoms with Crippen molar-refractivity contribution in [3.8, 4) is 11.1 Å². The SMILES string of the molecule is COC(=O)N(C1c2ccccc2-c2ccccc21)[C@@H](CC(=O)NC(c1ccccc1)(c1ccccc1)c1ccc(C)cc1)C(=O)O. The van der Waals surface area contributed by atoms with E-state index in [-0.39, 0.29) is 0 Å². The summed E-state index contributed by atoms with van der Waals surface area (Å²) in [6.45, 7) is 1.99. The van der Waals surface area contributed by atoms with Gasteiger partial charge in [-0.25, -0.2) is 9.59 Å². The summed E-state index contributed by atoms with van der Waals surface area (Å²) in [7, 11) is 1.22. The van der Waals surface area contributed by atoms with Crippen molar-refractivity contribution in [1.82, 2.24) is 10.2 Å². The number of carbonyl (C=O) groups is 3. The van der Waals surface area contributed by atoms with E-state index in [0.717, 1.165) is 44.5 Å². The summed E-state index contributed by atoms with van der Waals surface area (Å²) in [5, 5.41) is 13.9. The Morgan fingerprint density at radius 2 is 1.17 bits per heavy atom. The molecule has 6 rings (SSSR count). The number of carbonyl (C=O) groups excluding carboxylic acids is 2. The summed E-state index contributed by atoms with van der Waals surface area (Å²) in [6.07, 6.45) is -1.36. The second-order valence-corrected chi connectivity index (χ2v) is 11.4. The van der Waals surface area contributed by atoms with E-state index in [9.17, 15) is 19.5 Å². The average Bonchev–Trinajstić information content (AvgIpc) is 3.42. The van der Waals surface area contributed by atoms with Crippen LogP contribution in [0.2, 0.25) is 0 Å². The van der Waals surface area contributed by atoms with Crippen LogP contribution in [0.25, 0.3) is 11.1 Å². The van der Waals surface area contributed by atoms with E-state index < -0.39 is 42.0 Å². The highest BCUT2D eigenvalue weighted by molar-refractivity contribution is 5.90. The predicted molar refractivity (Wildman–Crippen MR) is 176 cm³/mol. The highest BCUT2D eigenvalue weighted by Gasteiger charge is 2.45. The number of nitrogens with zero attached hydrogens (tertiary/aromatic N) is 1. The monoisotopic (exact) mass is 610 g/mol. The molecule has 0 fully saturated rings. The van der Waals surface area contributed by atoms with Crippen LogP contribution in [-0.2, 0) is 19.9 Å². The number of aryl methyl sites for hydroxylation is 1. The Labute approximate surface area is 268 Å². The molecule has 0 aromatic heterocycles. The first kappa shape index (κ1) is 30.3. The van der Waals surface area contributed by atoms with Gasteiger partial charge in [-0.3, -0.25) is 9.69 Å². The van der Waals surface area contributed by atoms with Gasteiger partial charge in [0.15, 0.2) is 0 Å². The molecule has 0 heterocycles. The van der Waals surface area contributed by atoms with Crippen LogP contribution >= 0.6 is 0 Å². The van der Waals surface area contributed by atoms with Crippen molar-refractivity contribution < 1.29 is 24.2 Å². The Kier molecular flexibility index (Phi) is 8.40. The molecule has 0 radical (unpaired) electrons. The van der Waals surface area contributed by atoms with E-state index in [4.69, 9.17) is 4.74 Å². The maximum Gasteiger partial charge on any atom is 0.411 e. The highest BCUT2D eigenvalue weighted by Crippen LogP contribution is 2.47. The maximum atomic E-state index is 14.3. The smallest absolute Gasteiger partial charge is 0.411 e. The van der Waals surface area contributed by atoms with Crippen LogP contribution in [0.4, 0.5) is 4.79 Å². The van der Waals surface area contributed by atoms with Gasteiger partial charge in [0, 0.05) is 0 Å². The average molecular weight is 611 g/mol. The Morgan fingerprint density at radius 1 is 0.717 bits per heavy atom. The lowest BCUT2D eigenvalue weighted by Gasteiger charge is -2.38. The predicted octanol–water partition coefficient (Wildman–Crippen LogP) is 7.08. The van der Waals surface area contributed by atoms with Gasteiger partial charge in [0.05, 0.1) is 19.6 Å². The van der Waals surface area contributed by atoms with Gasteiger partial charge in [-0.2, -0.15) is 0 Å². The number of hydrogen-bond donors (Lipinski definition) is 2. The van der Waals surface area contributed by atoms with Gasteiger partial charge < -0.3 is 15.2 Å². The fourth-order valence-corrected chi connectivity index (χ4v) is 6.58. The molecule has 1 aliphatic rings. The quantitative estimate of drug-likeness (QED) is 0.174. The van der Waals surface area contributed by atoms with E-state index in [1.807, 2.05) is 140 Å². The fourth-order valence-electron chi connectivity index (χ4n) is 6.58. The van der Waals surface area contributed by atoms with Crippen molar-refractivity contribution in [1.29, 1.82) is 0 Å². The molecule has 5 aromatic carbocycles. The van der Waals surface area contributed by atoms with Crippen molar-refractivity contribution in [2.45, 2.75) is 31.0 Å². The molecule has 46 heavy (non-hydrogen) atoms. The number of carboxylic acid groups (broad SMARTS) is 1. The zero-order valence-corrected chi connectivity index (χ0v) is 25.6. The number of rotatable bonds is 9. The maximum absolute atomic E-state index is 14.3. The van der Waals surface area contributed by atoms with E-state index in [2.05, 4.69) is 5.32 Å². The third kappa shape index (κ3) is 5.41. The number of aliphatic carboxylic acids is 1. The van der Waals surface area contributed by atoms with E-state index in [0.29, 0.717) is 0 Å². The lowest BCUT2D eigenvalue weighted by molar-refractivity contribution is -0.145. The molecule has 1 aliphatic carbocycles. The van der Waals surface area contributed by atoms with Gasteiger partial charge in [-0.05, 0) is 45.9 Å². The Bertz CT molecular complexity index is 1790. The van der Waals surface area contributed by atoms with Crippen molar-refractivity contribution in [3.63, 3.8) is 0 Å². The van der Waals surface area contributed by atoms with Crippen molar-refractivity contribution in [2.75, 3.05) is 7.11 Å². The molecule has 0 unspecified atom stereocenters. The Hall–Kier alpha value is -5.69. The summed E-state index contributed by atoms with van der Waals surface area (Å²) in [5.41, 5.74) is 5.64. The minimum absolute atomic E-state index is 0.515. The van der Waals surface area contributed by atoms with E-state index >= 15 is 0 Å². The normalized spacial score (nSPS) is 12.8. The molecule has 2 amide bonds. The summed E-state index contributed by atoms with van der Waals surface area (Å²) >= 11 is 0. The molecular weight excluding hydrogens is 576 g/mol. The summed E-state index contributed by atoms with van der Waals surface area (Å²) in [6, 6.07) is 39.9. The summed E-state index contributed by atoms with van der Waals surface area (Å²) < 4.78 is 5.18. The van der Waals surface area contributed by atoms with Gasteiger partial charge in [0.2, 0.25) is 5.91 Å².